The van der Waals surface area contributed by atoms with Crippen LogP contribution in [-0.4, -0.2) is 20.0 Å². The molecule has 0 saturated carbocycles. The molecule has 0 aliphatic heterocycles. The van der Waals surface area contributed by atoms with Gasteiger partial charge >= 0.3 is 6.09 Å². The topological polar surface area (TPSA) is 51.4 Å². The molecule has 5 nitrogen and oxygen atoms in total. The fourth-order valence-electron chi connectivity index (χ4n) is 5.07. The van der Waals surface area contributed by atoms with Crippen molar-refractivity contribution < 1.29 is 35.5 Å². The highest BCUT2D eigenvalue weighted by Gasteiger charge is 2.50. The molecule has 0 unspecified atom stereocenters. The molecular formula is C34H41BrN2O3Si. The van der Waals surface area contributed by atoms with E-state index in [-0.39, 0.29) is 22.0 Å². The second-order valence-electron chi connectivity index (χ2n) is 12.1. The Hall–Kier alpha value is -3.26. The molecule has 7 heteroatoms. The zero-order valence-electron chi connectivity index (χ0n) is 24.9. The van der Waals surface area contributed by atoms with Gasteiger partial charge in [-0.25, -0.2) is 4.79 Å². The van der Waals surface area contributed by atoms with Crippen LogP contribution in [-0.2, 0) is 22.3 Å². The molecule has 0 radical (unpaired) electrons. The highest BCUT2D eigenvalue weighted by Crippen LogP contribution is 2.37. The fraction of sp³-hybridized carbons (Fsp3) is 0.294. The highest BCUT2D eigenvalue weighted by atomic mass is 79.9. The van der Waals surface area contributed by atoms with Crippen LogP contribution in [0.25, 0.3) is 0 Å². The van der Waals surface area contributed by atoms with Crippen LogP contribution in [0.3, 0.4) is 0 Å². The Kier molecular flexibility index (Phi) is 10.7. The first-order chi connectivity index (χ1) is 19.0. The summed E-state index contributed by atoms with van der Waals surface area (Å²) in [5.41, 5.74) is 2.27. The lowest BCUT2D eigenvalue weighted by molar-refractivity contribution is -0.696. The van der Waals surface area contributed by atoms with Gasteiger partial charge in [-0.3, -0.25) is 5.32 Å². The van der Waals surface area contributed by atoms with Gasteiger partial charge in [0.2, 0.25) is 5.69 Å². The monoisotopic (exact) mass is 632 g/mol. The number of ether oxygens (including phenoxy) is 1. The quantitative estimate of drug-likeness (QED) is 0.239. The van der Waals surface area contributed by atoms with E-state index < -0.39 is 20.0 Å². The molecule has 0 atom stereocenters. The third-order valence-electron chi connectivity index (χ3n) is 6.81. The largest absolute Gasteiger partial charge is 1.00 e. The number of anilines is 1. The first-order valence-electron chi connectivity index (χ1n) is 13.8. The van der Waals surface area contributed by atoms with E-state index in [2.05, 4.69) is 103 Å². The molecule has 4 rings (SSSR count). The normalized spacial score (nSPS) is 11.9. The fourth-order valence-corrected chi connectivity index (χ4v) is 9.59. The number of nitrogens with one attached hydrogen (secondary N) is 1. The van der Waals surface area contributed by atoms with Gasteiger partial charge < -0.3 is 26.1 Å². The number of amides is 1. The van der Waals surface area contributed by atoms with Gasteiger partial charge in [0.25, 0.3) is 8.32 Å². The van der Waals surface area contributed by atoms with Gasteiger partial charge in [-0.1, -0.05) is 112 Å². The van der Waals surface area contributed by atoms with Crippen molar-refractivity contribution in [2.24, 2.45) is 0 Å². The van der Waals surface area contributed by atoms with Gasteiger partial charge in [-0.15, -0.1) is 0 Å². The lowest BCUT2D eigenvalue weighted by atomic mass is 10.2. The zero-order chi connectivity index (χ0) is 28.8. The number of benzene rings is 3. The van der Waals surface area contributed by atoms with Gasteiger partial charge in [-0.05, 0) is 42.2 Å². The Morgan fingerprint density at radius 3 is 1.76 bits per heavy atom. The Balaban J connectivity index is 0.00000462. The van der Waals surface area contributed by atoms with Crippen molar-refractivity contribution in [2.75, 3.05) is 5.32 Å². The van der Waals surface area contributed by atoms with E-state index in [4.69, 9.17) is 9.16 Å². The molecule has 4 aromatic rings. The molecule has 216 valence electrons. The second kappa shape index (κ2) is 13.6. The van der Waals surface area contributed by atoms with Gasteiger partial charge in [0.15, 0.2) is 12.7 Å². The van der Waals surface area contributed by atoms with Crippen LogP contribution in [0.15, 0.2) is 109 Å². The minimum atomic E-state index is -2.72. The maximum atomic E-state index is 12.5. The number of carbonyl (C=O) groups is 1. The summed E-state index contributed by atoms with van der Waals surface area (Å²) in [4.78, 5) is 12.5. The lowest BCUT2D eigenvalue weighted by Crippen LogP contribution is -3.00. The molecule has 0 bridgehead atoms. The van der Waals surface area contributed by atoms with Crippen LogP contribution in [0.1, 0.15) is 52.8 Å². The van der Waals surface area contributed by atoms with Crippen molar-refractivity contribution in [3.8, 4) is 0 Å². The predicted molar refractivity (Wildman–Crippen MR) is 164 cm³/mol. The third kappa shape index (κ3) is 8.15. The zero-order valence-corrected chi connectivity index (χ0v) is 27.4. The van der Waals surface area contributed by atoms with Gasteiger partial charge in [-0.2, -0.15) is 4.57 Å². The maximum absolute atomic E-state index is 12.5. The summed E-state index contributed by atoms with van der Waals surface area (Å²) in [5, 5.41) is 5.24. The first-order valence-corrected chi connectivity index (χ1v) is 15.7. The van der Waals surface area contributed by atoms with Crippen molar-refractivity contribution in [2.45, 2.75) is 65.3 Å². The maximum Gasteiger partial charge on any atom is 0.412 e. The minimum Gasteiger partial charge on any atom is -1.00 e. The molecule has 1 aromatic heterocycles. The number of pyridine rings is 1. The average Bonchev–Trinajstić information content (AvgIpc) is 2.90. The van der Waals surface area contributed by atoms with Crippen LogP contribution in [0, 0.1) is 0 Å². The van der Waals surface area contributed by atoms with Crippen molar-refractivity contribution in [1.82, 2.24) is 0 Å². The summed E-state index contributed by atoms with van der Waals surface area (Å²) < 4.78 is 14.9. The smallest absolute Gasteiger partial charge is 0.412 e. The van der Waals surface area contributed by atoms with Crippen molar-refractivity contribution >= 4 is 30.5 Å². The molecule has 3 aromatic carbocycles. The Morgan fingerprint density at radius 2 is 1.27 bits per heavy atom. The van der Waals surface area contributed by atoms with Crippen LogP contribution < -0.4 is 37.2 Å². The number of rotatable bonds is 8. The van der Waals surface area contributed by atoms with E-state index in [0.29, 0.717) is 18.8 Å². The summed E-state index contributed by atoms with van der Waals surface area (Å²) in [6.45, 7) is 13.5. The molecule has 0 spiro atoms. The van der Waals surface area contributed by atoms with E-state index in [1.54, 1.807) is 0 Å². The van der Waals surface area contributed by atoms with Crippen LogP contribution >= 0.6 is 0 Å². The van der Waals surface area contributed by atoms with E-state index in [1.807, 2.05) is 57.3 Å². The Bertz CT molecular complexity index is 1360. The highest BCUT2D eigenvalue weighted by molar-refractivity contribution is 6.99. The van der Waals surface area contributed by atoms with Gasteiger partial charge in [0, 0.05) is 11.6 Å². The number of aromatic nitrogens is 1. The number of nitrogens with zero attached hydrogens (tertiary/aromatic N) is 1. The van der Waals surface area contributed by atoms with Crippen molar-refractivity contribution in [1.29, 1.82) is 0 Å². The number of hydrogen-bond donors (Lipinski definition) is 1. The summed E-state index contributed by atoms with van der Waals surface area (Å²) in [6.07, 6.45) is 1.48. The summed E-state index contributed by atoms with van der Waals surface area (Å²) in [6, 6.07) is 35.6. The number of carbonyl (C=O) groups excluding carboxylic acids is 1. The van der Waals surface area contributed by atoms with E-state index in [9.17, 15) is 4.79 Å². The average molecular weight is 634 g/mol. The molecule has 0 aliphatic carbocycles. The second-order valence-corrected chi connectivity index (χ2v) is 16.4. The molecule has 1 amide bonds. The summed E-state index contributed by atoms with van der Waals surface area (Å²) in [7, 11) is -2.72. The summed E-state index contributed by atoms with van der Waals surface area (Å²) >= 11 is 0. The molecule has 1 heterocycles. The van der Waals surface area contributed by atoms with Gasteiger partial charge in [0.1, 0.15) is 17.9 Å². The van der Waals surface area contributed by atoms with Crippen LogP contribution in [0.4, 0.5) is 10.5 Å². The Labute approximate surface area is 256 Å². The number of halogens is 1. The molecule has 41 heavy (non-hydrogen) atoms. The predicted octanol–water partition coefficient (Wildman–Crippen LogP) is 3.45. The summed E-state index contributed by atoms with van der Waals surface area (Å²) in [5.74, 6) is 0. The molecular weight excluding hydrogens is 592 g/mol. The lowest BCUT2D eigenvalue weighted by Gasteiger charge is -2.42. The molecule has 0 saturated heterocycles. The van der Waals surface area contributed by atoms with Crippen molar-refractivity contribution in [3.05, 3.63) is 121 Å². The molecule has 0 aliphatic rings. The molecule has 0 fully saturated rings. The standard InChI is InChI=1S/C34H40N2O3Si.BrH/c1-33(2,3)39-32(37)35-28-22-23-29(36(25-28)24-27-16-10-7-11-17-27)26-38-40(34(4,5)6,30-18-12-8-13-19-30)31-20-14-9-15-21-31;/h7-23,25H,24,26H2,1-6H3;1H. The minimum absolute atomic E-state index is 0. The van der Waals surface area contributed by atoms with Crippen LogP contribution in [0.5, 0.6) is 0 Å². The first kappa shape index (κ1) is 32.3. The van der Waals surface area contributed by atoms with Crippen molar-refractivity contribution in [3.63, 3.8) is 0 Å². The molecule has 1 N–H and O–H groups in total. The SMILES string of the molecule is CC(C)(C)OC(=O)Nc1ccc(CO[Si](c2ccccc2)(c2ccccc2)C(C)(C)C)[n+](Cc2ccccc2)c1.[Br-]. The van der Waals surface area contributed by atoms with E-state index in [1.165, 1.54) is 10.4 Å². The van der Waals surface area contributed by atoms with Crippen LogP contribution in [0.2, 0.25) is 5.04 Å². The van der Waals surface area contributed by atoms with E-state index in [0.717, 1.165) is 11.3 Å². The van der Waals surface area contributed by atoms with E-state index >= 15 is 0 Å². The number of hydrogen-bond acceptors (Lipinski definition) is 3. The third-order valence-corrected chi connectivity index (χ3v) is 11.8. The van der Waals surface area contributed by atoms with Gasteiger partial charge in [0.05, 0.1) is 0 Å². The Morgan fingerprint density at radius 1 is 0.756 bits per heavy atom.